The summed E-state index contributed by atoms with van der Waals surface area (Å²) in [5, 5.41) is 0. The Morgan fingerprint density at radius 1 is 1.18 bits per heavy atom. The first kappa shape index (κ1) is 15.0. The molecule has 92 valence electrons. The van der Waals surface area contributed by atoms with Gasteiger partial charge in [0.2, 0.25) is 0 Å². The highest BCUT2D eigenvalue weighted by Crippen LogP contribution is 2.02. The third-order valence-electron chi connectivity index (χ3n) is 1.97. The maximum Gasteiger partial charge on any atom is 0.0314 e. The summed E-state index contributed by atoms with van der Waals surface area (Å²) in [6.07, 6.45) is 5.57. The molecule has 17 heavy (non-hydrogen) atoms. The number of rotatable bonds is 2. The van der Waals surface area contributed by atoms with E-state index in [9.17, 15) is 0 Å². The van der Waals surface area contributed by atoms with Crippen LogP contribution in [0.3, 0.4) is 0 Å². The maximum atomic E-state index is 5.45. The van der Waals surface area contributed by atoms with Crippen LogP contribution in [-0.4, -0.2) is 0 Å². The second-order valence-corrected chi connectivity index (χ2v) is 3.88. The fraction of sp³-hybridized carbons (Fsp3) is 0.200. The van der Waals surface area contributed by atoms with E-state index in [0.29, 0.717) is 0 Å². The molecule has 1 aromatic rings. The lowest BCUT2D eigenvalue weighted by Gasteiger charge is -1.90. The number of benzene rings is 1. The summed E-state index contributed by atoms with van der Waals surface area (Å²) < 4.78 is 0. The van der Waals surface area contributed by atoms with Crippen molar-refractivity contribution in [1.29, 1.82) is 0 Å². The molecule has 0 spiro atoms. The van der Waals surface area contributed by atoms with Gasteiger partial charge < -0.3 is 11.5 Å². The van der Waals surface area contributed by atoms with Gasteiger partial charge in [0.1, 0.15) is 0 Å². The molecule has 0 fully saturated rings. The molecule has 0 aromatic heterocycles. The molecule has 0 aliphatic rings. The molecule has 2 heteroatoms. The zero-order valence-corrected chi connectivity index (χ0v) is 10.9. The summed E-state index contributed by atoms with van der Waals surface area (Å²) in [5.74, 6) is 0. The van der Waals surface area contributed by atoms with Crippen molar-refractivity contribution in [2.24, 2.45) is 5.73 Å². The van der Waals surface area contributed by atoms with Crippen LogP contribution in [-0.2, 0) is 0 Å². The second kappa shape index (κ2) is 8.22. The summed E-state index contributed by atoms with van der Waals surface area (Å²) in [6, 6.07) is 7.79. The zero-order chi connectivity index (χ0) is 13.3. The minimum atomic E-state index is 0.776. The highest BCUT2D eigenvalue weighted by molar-refractivity contribution is 5.38. The molecule has 0 unspecified atom stereocenters. The molecule has 1 aromatic carbocycles. The fourth-order valence-corrected chi connectivity index (χ4v) is 0.901. The van der Waals surface area contributed by atoms with Gasteiger partial charge in [-0.15, -0.1) is 0 Å². The highest BCUT2D eigenvalue weighted by Gasteiger charge is 1.80. The van der Waals surface area contributed by atoms with E-state index in [1.54, 1.807) is 0 Å². The summed E-state index contributed by atoms with van der Waals surface area (Å²) in [5.41, 5.74) is 14.7. The van der Waals surface area contributed by atoms with Crippen LogP contribution in [0.2, 0.25) is 0 Å². The second-order valence-electron chi connectivity index (χ2n) is 3.88. The largest absolute Gasteiger partial charge is 0.399 e. The van der Waals surface area contributed by atoms with Crippen LogP contribution in [0.15, 0.2) is 60.3 Å². The first-order valence-electron chi connectivity index (χ1n) is 5.53. The van der Waals surface area contributed by atoms with Crippen LogP contribution in [0.25, 0.3) is 0 Å². The Labute approximate surface area is 104 Å². The van der Waals surface area contributed by atoms with Crippen molar-refractivity contribution >= 4 is 5.69 Å². The number of hydrogen-bond donors (Lipinski definition) is 2. The third-order valence-corrected chi connectivity index (χ3v) is 1.97. The average molecular weight is 230 g/mol. The molecule has 0 bridgehead atoms. The fourth-order valence-electron chi connectivity index (χ4n) is 0.901. The normalized spacial score (nSPS) is 10.9. The molecule has 0 radical (unpaired) electrons. The highest BCUT2D eigenvalue weighted by atomic mass is 14.5. The van der Waals surface area contributed by atoms with Crippen LogP contribution in [0.4, 0.5) is 5.69 Å². The predicted molar refractivity (Wildman–Crippen MR) is 77.5 cm³/mol. The topological polar surface area (TPSA) is 52.0 Å². The summed E-state index contributed by atoms with van der Waals surface area (Å²) in [4.78, 5) is 0. The van der Waals surface area contributed by atoms with Gasteiger partial charge >= 0.3 is 0 Å². The number of nitrogens with two attached hydrogens (primary N) is 2. The molecule has 0 atom stereocenters. The molecule has 0 amide bonds. The SMILES string of the molecule is C=C(C)/C=C\C(N)=C/C.Cc1ccc(N)cc1. The average Bonchev–Trinajstić information content (AvgIpc) is 2.30. The summed E-state index contributed by atoms with van der Waals surface area (Å²) in [6.45, 7) is 9.56. The van der Waals surface area contributed by atoms with Crippen molar-refractivity contribution in [3.05, 3.63) is 65.9 Å². The molecule has 4 N–H and O–H groups in total. The van der Waals surface area contributed by atoms with Crippen LogP contribution in [0.5, 0.6) is 0 Å². The lowest BCUT2D eigenvalue weighted by molar-refractivity contribution is 1.38. The van der Waals surface area contributed by atoms with Gasteiger partial charge in [-0.1, -0.05) is 42.0 Å². The van der Waals surface area contributed by atoms with E-state index < -0.39 is 0 Å². The Morgan fingerprint density at radius 3 is 2.06 bits per heavy atom. The van der Waals surface area contributed by atoms with Gasteiger partial charge in [-0.2, -0.15) is 0 Å². The van der Waals surface area contributed by atoms with E-state index >= 15 is 0 Å². The quantitative estimate of drug-likeness (QED) is 0.603. The van der Waals surface area contributed by atoms with Crippen LogP contribution in [0.1, 0.15) is 19.4 Å². The first-order chi connectivity index (χ1) is 7.95. The smallest absolute Gasteiger partial charge is 0.0314 e. The van der Waals surface area contributed by atoms with E-state index in [-0.39, 0.29) is 0 Å². The molecule has 1 rings (SSSR count). The van der Waals surface area contributed by atoms with Gasteiger partial charge in [-0.25, -0.2) is 0 Å². The van der Waals surface area contributed by atoms with Crippen molar-refractivity contribution in [1.82, 2.24) is 0 Å². The van der Waals surface area contributed by atoms with Gasteiger partial charge in [0.15, 0.2) is 0 Å². The van der Waals surface area contributed by atoms with Gasteiger partial charge in [0.25, 0.3) is 0 Å². The molecular formula is C15H22N2. The molecular weight excluding hydrogens is 208 g/mol. The van der Waals surface area contributed by atoms with E-state index in [1.165, 1.54) is 5.56 Å². The number of nitrogen functional groups attached to an aromatic ring is 1. The Kier molecular flexibility index (Phi) is 7.27. The molecule has 0 saturated heterocycles. The predicted octanol–water partition coefficient (Wildman–Crippen LogP) is 3.56. The minimum absolute atomic E-state index is 0.776. The number of anilines is 1. The number of hydrogen-bond acceptors (Lipinski definition) is 2. The standard InChI is InChI=1S/C8H13N.C7H9N/c1-4-8(9)6-5-7(2)3;1-6-2-4-7(8)5-3-6/h4-6H,2,9H2,1,3H3;2-5H,8H2,1H3/b6-5-,8-4+;. The maximum absolute atomic E-state index is 5.45. The molecule has 0 aliphatic carbocycles. The van der Waals surface area contributed by atoms with Crippen molar-refractivity contribution in [3.63, 3.8) is 0 Å². The van der Waals surface area contributed by atoms with E-state index in [2.05, 4.69) is 6.58 Å². The van der Waals surface area contributed by atoms with Gasteiger partial charge in [-0.3, -0.25) is 0 Å². The van der Waals surface area contributed by atoms with E-state index in [1.807, 2.05) is 63.3 Å². The monoisotopic (exact) mass is 230 g/mol. The lowest BCUT2D eigenvalue weighted by Crippen LogP contribution is -1.90. The number of allylic oxidation sites excluding steroid dienone is 4. The van der Waals surface area contributed by atoms with Crippen LogP contribution >= 0.6 is 0 Å². The van der Waals surface area contributed by atoms with Crippen molar-refractivity contribution in [2.75, 3.05) is 5.73 Å². The molecule has 2 nitrogen and oxygen atoms in total. The van der Waals surface area contributed by atoms with E-state index in [4.69, 9.17) is 11.5 Å². The van der Waals surface area contributed by atoms with Crippen molar-refractivity contribution in [3.8, 4) is 0 Å². The number of aryl methyl sites for hydroxylation is 1. The first-order valence-corrected chi connectivity index (χ1v) is 5.53. The third kappa shape index (κ3) is 9.00. The Morgan fingerprint density at radius 2 is 1.71 bits per heavy atom. The lowest BCUT2D eigenvalue weighted by atomic mass is 10.2. The zero-order valence-electron chi connectivity index (χ0n) is 10.9. The van der Waals surface area contributed by atoms with Gasteiger partial charge in [0, 0.05) is 11.4 Å². The molecule has 0 saturated carbocycles. The molecule has 0 heterocycles. The van der Waals surface area contributed by atoms with E-state index in [0.717, 1.165) is 17.0 Å². The van der Waals surface area contributed by atoms with Crippen LogP contribution < -0.4 is 11.5 Å². The summed E-state index contributed by atoms with van der Waals surface area (Å²) >= 11 is 0. The summed E-state index contributed by atoms with van der Waals surface area (Å²) in [7, 11) is 0. The van der Waals surface area contributed by atoms with Crippen molar-refractivity contribution in [2.45, 2.75) is 20.8 Å². The Balaban J connectivity index is 0.000000302. The van der Waals surface area contributed by atoms with Gasteiger partial charge in [-0.05, 0) is 39.0 Å². The minimum Gasteiger partial charge on any atom is -0.399 e. The van der Waals surface area contributed by atoms with Crippen molar-refractivity contribution < 1.29 is 0 Å². The Hall–Kier alpha value is -1.96. The molecule has 0 aliphatic heterocycles. The van der Waals surface area contributed by atoms with Gasteiger partial charge in [0.05, 0.1) is 0 Å². The Bertz CT molecular complexity index is 376. The van der Waals surface area contributed by atoms with Crippen LogP contribution in [0, 0.1) is 6.92 Å².